The Bertz CT molecular complexity index is 670. The Morgan fingerprint density at radius 2 is 2.09 bits per heavy atom. The van der Waals surface area contributed by atoms with Crippen molar-refractivity contribution in [1.29, 1.82) is 0 Å². The molecule has 1 saturated heterocycles. The zero-order valence-corrected chi connectivity index (χ0v) is 14.2. The zero-order valence-electron chi connectivity index (χ0n) is 13.4. The number of aromatic nitrogens is 2. The second-order valence-electron chi connectivity index (χ2n) is 6.09. The smallest absolute Gasteiger partial charge is 0.312 e. The molecule has 124 valence electrons. The lowest BCUT2D eigenvalue weighted by atomic mass is 9.97. The summed E-state index contributed by atoms with van der Waals surface area (Å²) in [4.78, 5) is 31.3. The lowest BCUT2D eigenvalue weighted by Crippen LogP contribution is -2.49. The quantitative estimate of drug-likeness (QED) is 0.804. The van der Waals surface area contributed by atoms with E-state index in [1.165, 1.54) is 11.3 Å². The molecule has 1 aliphatic heterocycles. The van der Waals surface area contributed by atoms with Crippen LogP contribution in [0.15, 0.2) is 17.8 Å². The summed E-state index contributed by atoms with van der Waals surface area (Å²) >= 11 is 1.51. The molecule has 0 N–H and O–H groups in total. The van der Waals surface area contributed by atoms with Crippen molar-refractivity contribution in [2.75, 3.05) is 6.61 Å². The largest absolute Gasteiger partial charge is 0.455 e. The monoisotopic (exact) mass is 335 g/mol. The molecule has 1 aliphatic rings. The number of thiazole rings is 1. The number of fused-ring (bicyclic) bond motifs is 1. The SMILES string of the molecule is C[C@@H]1CCC[C@H](C)N1C(=O)COC(=O)Cc1cn2ccsc2n1. The van der Waals surface area contributed by atoms with Gasteiger partial charge in [-0.1, -0.05) is 0 Å². The summed E-state index contributed by atoms with van der Waals surface area (Å²) in [5, 5.41) is 1.93. The van der Waals surface area contributed by atoms with Gasteiger partial charge in [0.1, 0.15) is 0 Å². The molecular formula is C16H21N3O3S. The molecule has 3 heterocycles. The predicted molar refractivity (Wildman–Crippen MR) is 87.4 cm³/mol. The predicted octanol–water partition coefficient (Wildman–Crippen LogP) is 2.27. The van der Waals surface area contributed by atoms with Crippen LogP contribution in [-0.2, 0) is 20.7 Å². The maximum atomic E-state index is 12.3. The van der Waals surface area contributed by atoms with Crippen LogP contribution in [0, 0.1) is 0 Å². The Morgan fingerprint density at radius 3 is 2.78 bits per heavy atom. The number of amides is 1. The second kappa shape index (κ2) is 6.70. The van der Waals surface area contributed by atoms with Gasteiger partial charge < -0.3 is 9.64 Å². The highest BCUT2D eigenvalue weighted by Gasteiger charge is 2.29. The average molecular weight is 335 g/mol. The fraction of sp³-hybridized carbons (Fsp3) is 0.562. The lowest BCUT2D eigenvalue weighted by Gasteiger charge is -2.38. The third kappa shape index (κ3) is 3.55. The Morgan fingerprint density at radius 1 is 1.35 bits per heavy atom. The van der Waals surface area contributed by atoms with Gasteiger partial charge in [0, 0.05) is 29.9 Å². The first kappa shape index (κ1) is 16.0. The molecule has 0 aromatic carbocycles. The third-order valence-corrected chi connectivity index (χ3v) is 5.08. The Kier molecular flexibility index (Phi) is 4.66. The first-order chi connectivity index (χ1) is 11.0. The van der Waals surface area contributed by atoms with Gasteiger partial charge >= 0.3 is 5.97 Å². The molecular weight excluding hydrogens is 314 g/mol. The van der Waals surface area contributed by atoms with Crippen LogP contribution in [0.3, 0.4) is 0 Å². The summed E-state index contributed by atoms with van der Waals surface area (Å²) in [5.41, 5.74) is 0.661. The van der Waals surface area contributed by atoms with E-state index in [1.807, 2.05) is 40.9 Å². The highest BCUT2D eigenvalue weighted by Crippen LogP contribution is 2.22. The number of likely N-dealkylation sites (tertiary alicyclic amines) is 1. The molecule has 0 radical (unpaired) electrons. The molecule has 23 heavy (non-hydrogen) atoms. The number of carbonyl (C=O) groups is 2. The van der Waals surface area contributed by atoms with Crippen LogP contribution in [0.5, 0.6) is 0 Å². The maximum absolute atomic E-state index is 12.3. The highest BCUT2D eigenvalue weighted by molar-refractivity contribution is 7.15. The normalized spacial score (nSPS) is 21.6. The Hall–Kier alpha value is -1.89. The molecule has 2 aromatic heterocycles. The minimum absolute atomic E-state index is 0.0901. The van der Waals surface area contributed by atoms with Gasteiger partial charge in [0.2, 0.25) is 0 Å². The van der Waals surface area contributed by atoms with E-state index >= 15 is 0 Å². The number of hydrogen-bond acceptors (Lipinski definition) is 5. The zero-order chi connectivity index (χ0) is 16.4. The van der Waals surface area contributed by atoms with E-state index < -0.39 is 5.97 Å². The molecule has 0 aliphatic carbocycles. The van der Waals surface area contributed by atoms with Gasteiger partial charge in [-0.3, -0.25) is 14.0 Å². The Balaban J connectivity index is 1.52. The van der Waals surface area contributed by atoms with Crippen molar-refractivity contribution in [3.63, 3.8) is 0 Å². The van der Waals surface area contributed by atoms with Crippen LogP contribution in [0.4, 0.5) is 0 Å². The Labute approximate surface area is 139 Å². The van der Waals surface area contributed by atoms with E-state index in [0.717, 1.165) is 24.2 Å². The summed E-state index contributed by atoms with van der Waals surface area (Å²) in [5.74, 6) is -0.523. The summed E-state index contributed by atoms with van der Waals surface area (Å²) in [6.07, 6.45) is 6.95. The topological polar surface area (TPSA) is 63.9 Å². The minimum Gasteiger partial charge on any atom is -0.455 e. The van der Waals surface area contributed by atoms with Crippen molar-refractivity contribution in [2.45, 2.75) is 51.6 Å². The van der Waals surface area contributed by atoms with E-state index in [4.69, 9.17) is 4.74 Å². The average Bonchev–Trinajstić information content (AvgIpc) is 3.06. The molecule has 7 heteroatoms. The summed E-state index contributed by atoms with van der Waals surface area (Å²) < 4.78 is 7.02. The lowest BCUT2D eigenvalue weighted by molar-refractivity contribution is -0.154. The highest BCUT2D eigenvalue weighted by atomic mass is 32.1. The fourth-order valence-corrected chi connectivity index (χ4v) is 3.91. The second-order valence-corrected chi connectivity index (χ2v) is 6.97. The van der Waals surface area contributed by atoms with Crippen molar-refractivity contribution in [2.24, 2.45) is 0 Å². The van der Waals surface area contributed by atoms with Crippen LogP contribution in [0.1, 0.15) is 38.8 Å². The van der Waals surface area contributed by atoms with Crippen molar-refractivity contribution < 1.29 is 14.3 Å². The van der Waals surface area contributed by atoms with Crippen molar-refractivity contribution in [1.82, 2.24) is 14.3 Å². The molecule has 3 rings (SSSR count). The number of imidazole rings is 1. The van der Waals surface area contributed by atoms with Gasteiger partial charge in [0.25, 0.3) is 5.91 Å². The number of nitrogens with zero attached hydrogens (tertiary/aromatic N) is 3. The summed E-state index contributed by atoms with van der Waals surface area (Å²) in [6.45, 7) is 3.91. The minimum atomic E-state index is -0.415. The first-order valence-corrected chi connectivity index (χ1v) is 8.80. The molecule has 0 saturated carbocycles. The van der Waals surface area contributed by atoms with Crippen molar-refractivity contribution in [3.05, 3.63) is 23.5 Å². The van der Waals surface area contributed by atoms with Gasteiger partial charge in [0.05, 0.1) is 12.1 Å². The van der Waals surface area contributed by atoms with Crippen LogP contribution < -0.4 is 0 Å². The van der Waals surface area contributed by atoms with Crippen LogP contribution in [0.2, 0.25) is 0 Å². The van der Waals surface area contributed by atoms with E-state index in [-0.39, 0.29) is 31.0 Å². The summed E-state index contributed by atoms with van der Waals surface area (Å²) in [7, 11) is 0. The van der Waals surface area contributed by atoms with Crippen LogP contribution in [-0.4, -0.2) is 44.9 Å². The summed E-state index contributed by atoms with van der Waals surface area (Å²) in [6, 6.07) is 0.426. The first-order valence-electron chi connectivity index (χ1n) is 7.92. The molecule has 2 aromatic rings. The van der Waals surface area contributed by atoms with Gasteiger partial charge in [-0.25, -0.2) is 4.98 Å². The van der Waals surface area contributed by atoms with Crippen molar-refractivity contribution >= 4 is 28.2 Å². The number of carbonyl (C=O) groups excluding carboxylic acids is 2. The van der Waals surface area contributed by atoms with E-state index in [0.29, 0.717) is 5.69 Å². The number of ether oxygens (including phenoxy) is 1. The molecule has 2 atom stereocenters. The molecule has 1 amide bonds. The molecule has 0 unspecified atom stereocenters. The van der Waals surface area contributed by atoms with Gasteiger partial charge in [-0.2, -0.15) is 0 Å². The van der Waals surface area contributed by atoms with E-state index in [1.54, 1.807) is 0 Å². The molecule has 1 fully saturated rings. The van der Waals surface area contributed by atoms with Crippen LogP contribution in [0.25, 0.3) is 4.96 Å². The van der Waals surface area contributed by atoms with Crippen molar-refractivity contribution in [3.8, 4) is 0 Å². The number of hydrogen-bond donors (Lipinski definition) is 0. The molecule has 0 spiro atoms. The standard InChI is InChI=1S/C16H21N3O3S/c1-11-4-3-5-12(2)19(11)14(20)10-22-15(21)8-13-9-18-6-7-23-16(18)17-13/h6-7,9,11-12H,3-5,8,10H2,1-2H3/t11-,12+. The molecule has 0 bridgehead atoms. The van der Waals surface area contributed by atoms with Gasteiger partial charge in [-0.15, -0.1) is 11.3 Å². The maximum Gasteiger partial charge on any atom is 0.312 e. The van der Waals surface area contributed by atoms with E-state index in [2.05, 4.69) is 4.98 Å². The fourth-order valence-electron chi connectivity index (χ4n) is 3.19. The number of piperidine rings is 1. The van der Waals surface area contributed by atoms with Gasteiger partial charge in [-0.05, 0) is 33.1 Å². The third-order valence-electron chi connectivity index (χ3n) is 4.31. The molecule has 6 nitrogen and oxygen atoms in total. The number of rotatable bonds is 4. The van der Waals surface area contributed by atoms with E-state index in [9.17, 15) is 9.59 Å². The number of esters is 1. The van der Waals surface area contributed by atoms with Crippen LogP contribution >= 0.6 is 11.3 Å². The van der Waals surface area contributed by atoms with Gasteiger partial charge in [0.15, 0.2) is 11.6 Å².